The van der Waals surface area contributed by atoms with Gasteiger partial charge in [-0.3, -0.25) is 5.10 Å². The molecule has 0 bridgehead atoms. The summed E-state index contributed by atoms with van der Waals surface area (Å²) in [5.41, 5.74) is 0.659. The Hall–Kier alpha value is -1.27. The van der Waals surface area contributed by atoms with Crippen molar-refractivity contribution in [3.63, 3.8) is 0 Å². The van der Waals surface area contributed by atoms with Crippen molar-refractivity contribution in [2.24, 2.45) is 0 Å². The molecule has 0 saturated heterocycles. The number of nitrogens with one attached hydrogen (secondary N) is 1. The second-order valence-corrected chi connectivity index (χ2v) is 2.99. The van der Waals surface area contributed by atoms with Crippen molar-refractivity contribution in [2.45, 2.75) is 6.61 Å². The maximum absolute atomic E-state index is 8.75. The van der Waals surface area contributed by atoms with E-state index in [-0.39, 0.29) is 6.61 Å². The molecule has 0 fully saturated rings. The standard InChI is InChI=1S/C6H6N4OS/c11-1-4-2-12-6(9-4)5-7-3-8-10-5/h2-3,11H,1H2,(H,7,8,10). The number of aliphatic hydroxyl groups excluding tert-OH is 1. The van der Waals surface area contributed by atoms with Crippen molar-refractivity contribution in [3.8, 4) is 10.8 Å². The van der Waals surface area contributed by atoms with Crippen LogP contribution in [-0.2, 0) is 6.61 Å². The summed E-state index contributed by atoms with van der Waals surface area (Å²) in [6.45, 7) is -0.0371. The van der Waals surface area contributed by atoms with Gasteiger partial charge in [0.05, 0.1) is 12.3 Å². The minimum Gasteiger partial charge on any atom is -0.390 e. The van der Waals surface area contributed by atoms with Gasteiger partial charge in [-0.15, -0.1) is 11.3 Å². The minimum atomic E-state index is -0.0371. The predicted molar refractivity (Wildman–Crippen MR) is 43.4 cm³/mol. The summed E-state index contributed by atoms with van der Waals surface area (Å²) in [6, 6.07) is 0. The molecule has 12 heavy (non-hydrogen) atoms. The fraction of sp³-hybridized carbons (Fsp3) is 0.167. The van der Waals surface area contributed by atoms with Gasteiger partial charge in [-0.25, -0.2) is 9.97 Å². The van der Waals surface area contributed by atoms with Crippen molar-refractivity contribution in [1.82, 2.24) is 20.2 Å². The highest BCUT2D eigenvalue weighted by Gasteiger charge is 2.05. The van der Waals surface area contributed by atoms with E-state index in [2.05, 4.69) is 20.2 Å². The summed E-state index contributed by atoms with van der Waals surface area (Å²) < 4.78 is 0. The number of aromatic nitrogens is 4. The van der Waals surface area contributed by atoms with E-state index in [1.807, 2.05) is 0 Å². The lowest BCUT2D eigenvalue weighted by Gasteiger charge is -1.85. The van der Waals surface area contributed by atoms with Crippen LogP contribution in [0.3, 0.4) is 0 Å². The molecule has 2 aromatic heterocycles. The molecule has 0 amide bonds. The van der Waals surface area contributed by atoms with Crippen LogP contribution in [0.15, 0.2) is 11.7 Å². The molecule has 6 heteroatoms. The van der Waals surface area contributed by atoms with Gasteiger partial charge in [-0.2, -0.15) is 5.10 Å². The molecule has 0 aromatic carbocycles. The van der Waals surface area contributed by atoms with Gasteiger partial charge in [-0.1, -0.05) is 0 Å². The fourth-order valence-corrected chi connectivity index (χ4v) is 1.55. The Bertz CT molecular complexity index is 355. The van der Waals surface area contributed by atoms with Crippen LogP contribution in [0.1, 0.15) is 5.69 Å². The Labute approximate surface area is 72.1 Å². The lowest BCUT2D eigenvalue weighted by atomic mass is 10.5. The molecule has 2 N–H and O–H groups in total. The summed E-state index contributed by atoms with van der Waals surface area (Å²) in [7, 11) is 0. The molecule has 0 aliphatic carbocycles. The van der Waals surface area contributed by atoms with Gasteiger partial charge >= 0.3 is 0 Å². The van der Waals surface area contributed by atoms with Crippen LogP contribution in [0.5, 0.6) is 0 Å². The topological polar surface area (TPSA) is 74.7 Å². The molecule has 0 radical (unpaired) electrons. The number of thiazole rings is 1. The van der Waals surface area contributed by atoms with E-state index in [0.29, 0.717) is 11.5 Å². The zero-order valence-corrected chi connectivity index (χ0v) is 6.88. The van der Waals surface area contributed by atoms with Crippen molar-refractivity contribution < 1.29 is 5.11 Å². The number of aromatic amines is 1. The van der Waals surface area contributed by atoms with Gasteiger partial charge in [0, 0.05) is 5.38 Å². The molecule has 0 aliphatic heterocycles. The smallest absolute Gasteiger partial charge is 0.184 e. The normalized spacial score (nSPS) is 10.4. The third-order valence-corrected chi connectivity index (χ3v) is 2.23. The van der Waals surface area contributed by atoms with E-state index in [1.165, 1.54) is 17.7 Å². The number of hydrogen-bond acceptors (Lipinski definition) is 5. The van der Waals surface area contributed by atoms with Crippen molar-refractivity contribution in [1.29, 1.82) is 0 Å². The zero-order valence-electron chi connectivity index (χ0n) is 6.06. The summed E-state index contributed by atoms with van der Waals surface area (Å²) in [6.07, 6.45) is 1.43. The molecule has 2 heterocycles. The first-order valence-corrected chi connectivity index (χ1v) is 4.19. The van der Waals surface area contributed by atoms with Crippen LogP contribution >= 0.6 is 11.3 Å². The van der Waals surface area contributed by atoms with E-state index in [1.54, 1.807) is 5.38 Å². The highest BCUT2D eigenvalue weighted by molar-refractivity contribution is 7.13. The maximum Gasteiger partial charge on any atom is 0.184 e. The molecule has 0 atom stereocenters. The summed E-state index contributed by atoms with van der Waals surface area (Å²) in [4.78, 5) is 8.04. The second-order valence-electron chi connectivity index (χ2n) is 2.14. The Balaban J connectivity index is 2.35. The van der Waals surface area contributed by atoms with Crippen molar-refractivity contribution in [3.05, 3.63) is 17.4 Å². The monoisotopic (exact) mass is 182 g/mol. The number of nitrogens with zero attached hydrogens (tertiary/aromatic N) is 3. The van der Waals surface area contributed by atoms with E-state index in [4.69, 9.17) is 5.11 Å². The zero-order chi connectivity index (χ0) is 8.39. The quantitative estimate of drug-likeness (QED) is 0.705. The second kappa shape index (κ2) is 3.00. The van der Waals surface area contributed by atoms with Crippen molar-refractivity contribution >= 4 is 11.3 Å². The molecule has 0 spiro atoms. The van der Waals surface area contributed by atoms with Gasteiger partial charge in [0.25, 0.3) is 0 Å². The first kappa shape index (κ1) is 7.38. The Morgan fingerprint density at radius 2 is 2.50 bits per heavy atom. The average Bonchev–Trinajstić information content (AvgIpc) is 2.75. The molecular weight excluding hydrogens is 176 g/mol. The highest BCUT2D eigenvalue weighted by atomic mass is 32.1. The van der Waals surface area contributed by atoms with Crippen LogP contribution in [0.25, 0.3) is 10.8 Å². The van der Waals surface area contributed by atoms with Crippen LogP contribution in [-0.4, -0.2) is 25.3 Å². The predicted octanol–water partition coefficient (Wildman–Crippen LogP) is 0.420. The molecule has 0 unspecified atom stereocenters. The molecular formula is C6H6N4OS. The third kappa shape index (κ3) is 1.21. The lowest BCUT2D eigenvalue weighted by molar-refractivity contribution is 0.278. The van der Waals surface area contributed by atoms with Gasteiger partial charge in [0.2, 0.25) is 0 Å². The Morgan fingerprint density at radius 3 is 3.08 bits per heavy atom. The molecule has 0 saturated carbocycles. The van der Waals surface area contributed by atoms with E-state index < -0.39 is 0 Å². The summed E-state index contributed by atoms with van der Waals surface area (Å²) in [5, 5.41) is 17.7. The third-order valence-electron chi connectivity index (χ3n) is 1.33. The molecule has 2 aromatic rings. The molecule has 62 valence electrons. The Kier molecular flexibility index (Phi) is 1.84. The first-order valence-electron chi connectivity index (χ1n) is 3.31. The van der Waals surface area contributed by atoms with Crippen LogP contribution < -0.4 is 0 Å². The van der Waals surface area contributed by atoms with E-state index in [9.17, 15) is 0 Å². The number of rotatable bonds is 2. The van der Waals surface area contributed by atoms with Crippen LogP contribution in [0, 0.1) is 0 Å². The number of aliphatic hydroxyl groups is 1. The van der Waals surface area contributed by atoms with Gasteiger partial charge in [0.15, 0.2) is 10.8 Å². The lowest BCUT2D eigenvalue weighted by Crippen LogP contribution is -1.83. The molecule has 5 nitrogen and oxygen atoms in total. The van der Waals surface area contributed by atoms with Crippen LogP contribution in [0.4, 0.5) is 0 Å². The maximum atomic E-state index is 8.75. The largest absolute Gasteiger partial charge is 0.390 e. The van der Waals surface area contributed by atoms with Gasteiger partial charge in [0.1, 0.15) is 6.33 Å². The van der Waals surface area contributed by atoms with Crippen molar-refractivity contribution in [2.75, 3.05) is 0 Å². The summed E-state index contributed by atoms with van der Waals surface area (Å²) >= 11 is 1.43. The summed E-state index contributed by atoms with van der Waals surface area (Å²) in [5.74, 6) is 0.639. The van der Waals surface area contributed by atoms with Gasteiger partial charge < -0.3 is 5.11 Å². The molecule has 0 aliphatic rings. The molecule has 2 rings (SSSR count). The average molecular weight is 182 g/mol. The Morgan fingerprint density at radius 1 is 1.58 bits per heavy atom. The number of hydrogen-bond donors (Lipinski definition) is 2. The van der Waals surface area contributed by atoms with Crippen LogP contribution in [0.2, 0.25) is 0 Å². The minimum absolute atomic E-state index is 0.0371. The fourth-order valence-electron chi connectivity index (χ4n) is 0.797. The first-order chi connectivity index (χ1) is 5.90. The SMILES string of the molecule is OCc1csc(-c2ncn[nH]2)n1. The van der Waals surface area contributed by atoms with E-state index in [0.717, 1.165) is 5.01 Å². The van der Waals surface area contributed by atoms with Gasteiger partial charge in [-0.05, 0) is 0 Å². The number of H-pyrrole nitrogens is 1. The highest BCUT2D eigenvalue weighted by Crippen LogP contribution is 2.18. The van der Waals surface area contributed by atoms with E-state index >= 15 is 0 Å².